The van der Waals surface area contributed by atoms with Gasteiger partial charge in [0.1, 0.15) is 10.6 Å². The van der Waals surface area contributed by atoms with E-state index in [4.69, 9.17) is 4.74 Å². The maximum absolute atomic E-state index is 12.7. The molecule has 1 aliphatic heterocycles. The van der Waals surface area contributed by atoms with Crippen LogP contribution in [0, 0.1) is 6.92 Å². The van der Waals surface area contributed by atoms with Crippen LogP contribution in [0.2, 0.25) is 0 Å². The van der Waals surface area contributed by atoms with Crippen molar-refractivity contribution in [1.82, 2.24) is 9.55 Å². The first-order valence-corrected chi connectivity index (χ1v) is 9.04. The summed E-state index contributed by atoms with van der Waals surface area (Å²) in [4.78, 5) is 42.0. The van der Waals surface area contributed by atoms with E-state index < -0.39 is 6.10 Å². The van der Waals surface area contributed by atoms with Crippen LogP contribution in [-0.2, 0) is 11.8 Å². The predicted molar refractivity (Wildman–Crippen MR) is 103 cm³/mol. The lowest BCUT2D eigenvalue weighted by Gasteiger charge is -2.23. The largest absolute Gasteiger partial charge is 0.479 e. The highest BCUT2D eigenvalue weighted by atomic mass is 32.1. The van der Waals surface area contributed by atoms with Crippen molar-refractivity contribution in [2.75, 3.05) is 10.6 Å². The van der Waals surface area contributed by atoms with Crippen molar-refractivity contribution in [1.29, 1.82) is 0 Å². The number of fused-ring (bicyclic) bond motifs is 2. The lowest BCUT2D eigenvalue weighted by Crippen LogP contribution is -2.34. The SMILES string of the molecule is Cc1c(C(=O)Nc2ccc3c(c2)NC(=O)[C@@H](C)O3)sc2ncn(C)c(=O)c12. The molecule has 0 saturated heterocycles. The number of carbonyl (C=O) groups excluding carboxylic acids is 2. The molecule has 0 spiro atoms. The summed E-state index contributed by atoms with van der Waals surface area (Å²) in [5.41, 5.74) is 1.43. The molecule has 4 rings (SSSR count). The van der Waals surface area contributed by atoms with Crippen LogP contribution in [0.25, 0.3) is 10.2 Å². The molecule has 3 aromatic rings. The number of carbonyl (C=O) groups is 2. The van der Waals surface area contributed by atoms with Crippen LogP contribution in [0.3, 0.4) is 0 Å². The van der Waals surface area contributed by atoms with Crippen LogP contribution >= 0.6 is 11.3 Å². The van der Waals surface area contributed by atoms with Gasteiger partial charge in [-0.05, 0) is 37.6 Å². The molecule has 2 aromatic heterocycles. The fourth-order valence-corrected chi connectivity index (χ4v) is 3.93. The summed E-state index contributed by atoms with van der Waals surface area (Å²) in [6.07, 6.45) is 0.879. The van der Waals surface area contributed by atoms with Gasteiger partial charge >= 0.3 is 0 Å². The summed E-state index contributed by atoms with van der Waals surface area (Å²) < 4.78 is 6.89. The molecular weight excluding hydrogens is 368 g/mol. The Hall–Kier alpha value is -3.20. The fourth-order valence-electron chi connectivity index (χ4n) is 2.90. The number of rotatable bonds is 2. The Kier molecular flexibility index (Phi) is 3.96. The van der Waals surface area contributed by atoms with Crippen LogP contribution in [0.15, 0.2) is 29.3 Å². The molecule has 0 unspecified atom stereocenters. The monoisotopic (exact) mass is 384 g/mol. The van der Waals surface area contributed by atoms with Gasteiger partial charge in [-0.15, -0.1) is 11.3 Å². The van der Waals surface area contributed by atoms with Crippen molar-refractivity contribution in [2.45, 2.75) is 20.0 Å². The summed E-state index contributed by atoms with van der Waals surface area (Å²) in [5, 5.41) is 6.00. The Balaban J connectivity index is 1.66. The highest BCUT2D eigenvalue weighted by molar-refractivity contribution is 7.20. The van der Waals surface area contributed by atoms with Gasteiger partial charge in [-0.1, -0.05) is 0 Å². The number of aryl methyl sites for hydroxylation is 2. The number of thiophene rings is 1. The van der Waals surface area contributed by atoms with E-state index in [0.717, 1.165) is 0 Å². The number of amides is 2. The quantitative estimate of drug-likeness (QED) is 0.706. The first kappa shape index (κ1) is 17.2. The summed E-state index contributed by atoms with van der Waals surface area (Å²) in [6, 6.07) is 5.02. The van der Waals surface area contributed by atoms with Crippen molar-refractivity contribution >= 4 is 44.7 Å². The van der Waals surface area contributed by atoms with Crippen molar-refractivity contribution in [3.63, 3.8) is 0 Å². The summed E-state index contributed by atoms with van der Waals surface area (Å²) in [5.74, 6) is -0.0342. The molecule has 2 amide bonds. The second kappa shape index (κ2) is 6.20. The van der Waals surface area contributed by atoms with Gasteiger partial charge in [-0.3, -0.25) is 14.4 Å². The maximum atomic E-state index is 12.7. The number of ether oxygens (including phenoxy) is 1. The van der Waals surface area contributed by atoms with Gasteiger partial charge in [0.25, 0.3) is 17.4 Å². The van der Waals surface area contributed by atoms with E-state index in [2.05, 4.69) is 15.6 Å². The van der Waals surface area contributed by atoms with Gasteiger partial charge in [-0.25, -0.2) is 4.98 Å². The van der Waals surface area contributed by atoms with Gasteiger partial charge in [-0.2, -0.15) is 0 Å². The fraction of sp³-hybridized carbons (Fsp3) is 0.222. The first-order chi connectivity index (χ1) is 12.8. The number of anilines is 2. The topological polar surface area (TPSA) is 102 Å². The Morgan fingerprint density at radius 3 is 2.93 bits per heavy atom. The minimum Gasteiger partial charge on any atom is -0.479 e. The minimum atomic E-state index is -0.561. The molecule has 2 N–H and O–H groups in total. The van der Waals surface area contributed by atoms with Crippen molar-refractivity contribution in [3.8, 4) is 5.75 Å². The first-order valence-electron chi connectivity index (χ1n) is 8.23. The molecule has 0 aliphatic carbocycles. The molecule has 1 aliphatic rings. The van der Waals surface area contributed by atoms with E-state index in [1.165, 1.54) is 22.2 Å². The molecule has 1 aromatic carbocycles. The van der Waals surface area contributed by atoms with Crippen LogP contribution in [0.5, 0.6) is 5.75 Å². The van der Waals surface area contributed by atoms with Crippen LogP contribution in [0.1, 0.15) is 22.2 Å². The molecule has 0 saturated carbocycles. The van der Waals surface area contributed by atoms with E-state index in [1.807, 2.05) is 0 Å². The highest BCUT2D eigenvalue weighted by Crippen LogP contribution is 2.33. The normalized spacial score (nSPS) is 15.8. The summed E-state index contributed by atoms with van der Waals surface area (Å²) in [6.45, 7) is 3.40. The molecule has 8 nitrogen and oxygen atoms in total. The molecule has 3 heterocycles. The minimum absolute atomic E-state index is 0.185. The van der Waals surface area contributed by atoms with Crippen molar-refractivity contribution < 1.29 is 14.3 Å². The maximum Gasteiger partial charge on any atom is 0.266 e. The second-order valence-corrected chi connectivity index (χ2v) is 7.31. The van der Waals surface area contributed by atoms with Gasteiger partial charge in [0, 0.05) is 12.7 Å². The molecule has 0 bridgehead atoms. The summed E-state index contributed by atoms with van der Waals surface area (Å²) >= 11 is 1.17. The van der Waals surface area contributed by atoms with E-state index in [9.17, 15) is 14.4 Å². The Labute approximate surface area is 157 Å². The average molecular weight is 384 g/mol. The second-order valence-electron chi connectivity index (χ2n) is 6.31. The van der Waals surface area contributed by atoms with E-state index in [1.54, 1.807) is 39.1 Å². The molecule has 27 heavy (non-hydrogen) atoms. The number of hydrogen-bond acceptors (Lipinski definition) is 6. The van der Waals surface area contributed by atoms with Crippen molar-refractivity contribution in [2.24, 2.45) is 7.05 Å². The standard InChI is InChI=1S/C18H16N4O4S/c1-8-13-17(19-7-22(3)18(13)25)27-14(8)16(24)20-10-4-5-12-11(6-10)21-15(23)9(2)26-12/h4-7,9H,1-3H3,(H,20,24)(H,21,23)/t9-/m1/s1. The molecular formula is C18H16N4O4S. The third-order valence-electron chi connectivity index (χ3n) is 4.39. The Morgan fingerprint density at radius 2 is 2.15 bits per heavy atom. The average Bonchev–Trinajstić information content (AvgIpc) is 2.97. The van der Waals surface area contributed by atoms with E-state index in [0.29, 0.717) is 37.8 Å². The van der Waals surface area contributed by atoms with Crippen molar-refractivity contribution in [3.05, 3.63) is 45.3 Å². The van der Waals surface area contributed by atoms with Crippen LogP contribution < -0.4 is 20.9 Å². The van der Waals surface area contributed by atoms with Gasteiger partial charge in [0.2, 0.25) is 0 Å². The van der Waals surface area contributed by atoms with Gasteiger partial charge in [0.05, 0.1) is 22.3 Å². The zero-order valence-electron chi connectivity index (χ0n) is 14.8. The van der Waals surface area contributed by atoms with Crippen LogP contribution in [0.4, 0.5) is 11.4 Å². The number of benzene rings is 1. The Morgan fingerprint density at radius 1 is 1.37 bits per heavy atom. The lowest BCUT2D eigenvalue weighted by atomic mass is 10.2. The van der Waals surface area contributed by atoms with E-state index in [-0.39, 0.29) is 17.4 Å². The molecule has 0 fully saturated rings. The zero-order chi connectivity index (χ0) is 19.3. The number of hydrogen-bond donors (Lipinski definition) is 2. The molecule has 138 valence electrons. The number of nitrogens with zero attached hydrogens (tertiary/aromatic N) is 2. The van der Waals surface area contributed by atoms with Gasteiger partial charge < -0.3 is 19.9 Å². The third-order valence-corrected chi connectivity index (χ3v) is 5.58. The lowest BCUT2D eigenvalue weighted by molar-refractivity contribution is -0.122. The Bertz CT molecular complexity index is 1160. The molecule has 1 atom stereocenters. The highest BCUT2D eigenvalue weighted by Gasteiger charge is 2.24. The van der Waals surface area contributed by atoms with Gasteiger partial charge in [0.15, 0.2) is 6.10 Å². The predicted octanol–water partition coefficient (Wildman–Crippen LogP) is 2.28. The zero-order valence-corrected chi connectivity index (χ0v) is 15.6. The molecule has 0 radical (unpaired) electrons. The number of nitrogens with one attached hydrogen (secondary N) is 2. The smallest absolute Gasteiger partial charge is 0.266 e. The summed E-state index contributed by atoms with van der Waals surface area (Å²) in [7, 11) is 1.62. The number of aromatic nitrogens is 2. The van der Waals surface area contributed by atoms with Crippen LogP contribution in [-0.4, -0.2) is 27.5 Å². The third kappa shape index (κ3) is 2.85. The van der Waals surface area contributed by atoms with E-state index >= 15 is 0 Å². The molecule has 9 heteroatoms.